The summed E-state index contributed by atoms with van der Waals surface area (Å²) in [5.41, 5.74) is 3.22. The van der Waals surface area contributed by atoms with E-state index in [1.165, 1.54) is 6.20 Å². The molecule has 3 aromatic heterocycles. The lowest BCUT2D eigenvalue weighted by Crippen LogP contribution is -1.88. The summed E-state index contributed by atoms with van der Waals surface area (Å²) < 4.78 is 0. The molecule has 0 saturated carbocycles. The summed E-state index contributed by atoms with van der Waals surface area (Å²) in [5, 5.41) is 1.59. The van der Waals surface area contributed by atoms with Crippen LogP contribution in [0.25, 0.3) is 22.3 Å². The lowest BCUT2D eigenvalue weighted by Gasteiger charge is -2.01. The quantitative estimate of drug-likeness (QED) is 0.692. The van der Waals surface area contributed by atoms with Crippen molar-refractivity contribution in [1.29, 1.82) is 0 Å². The maximum absolute atomic E-state index is 6.10. The van der Waals surface area contributed by atoms with Crippen LogP contribution in [-0.4, -0.2) is 19.9 Å². The van der Waals surface area contributed by atoms with Crippen molar-refractivity contribution in [2.45, 2.75) is 6.92 Å². The molecule has 0 saturated heterocycles. The normalized spacial score (nSPS) is 11.1. The predicted molar refractivity (Wildman–Crippen MR) is 71.9 cm³/mol. The van der Waals surface area contributed by atoms with E-state index in [0.717, 1.165) is 22.3 Å². The van der Waals surface area contributed by atoms with E-state index in [1.807, 2.05) is 25.3 Å². The van der Waals surface area contributed by atoms with E-state index in [-0.39, 0.29) is 5.28 Å². The van der Waals surface area contributed by atoms with Crippen LogP contribution in [0.4, 0.5) is 0 Å². The zero-order valence-corrected chi connectivity index (χ0v) is 10.9. The molecule has 0 radical (unpaired) electrons. The van der Waals surface area contributed by atoms with Gasteiger partial charge in [-0.25, -0.2) is 15.0 Å². The van der Waals surface area contributed by atoms with Crippen molar-refractivity contribution >= 4 is 34.2 Å². The minimum atomic E-state index is 0.170. The Bertz CT molecular complexity index is 736. The largest absolute Gasteiger partial charge is 0.345 e. The Morgan fingerprint density at radius 2 is 2.00 bits per heavy atom. The van der Waals surface area contributed by atoms with Gasteiger partial charge in [0.1, 0.15) is 5.65 Å². The van der Waals surface area contributed by atoms with Gasteiger partial charge in [0, 0.05) is 22.8 Å². The molecular formula is C12H8Cl2N4. The number of aromatic amines is 1. The first-order valence-corrected chi connectivity index (χ1v) is 6.04. The fraction of sp³-hybridized carbons (Fsp3) is 0.0833. The zero-order valence-electron chi connectivity index (χ0n) is 9.41. The van der Waals surface area contributed by atoms with Crippen LogP contribution < -0.4 is 0 Å². The molecule has 3 heterocycles. The Balaban J connectivity index is 2.28. The van der Waals surface area contributed by atoms with Crippen molar-refractivity contribution in [1.82, 2.24) is 19.9 Å². The average Bonchev–Trinajstić information content (AvgIpc) is 2.75. The SMILES string of the molecule is Cc1ccc2c(-c3nc(Cl)ncc3Cl)c[nH]c2n1. The van der Waals surface area contributed by atoms with Crippen molar-refractivity contribution < 1.29 is 0 Å². The van der Waals surface area contributed by atoms with E-state index < -0.39 is 0 Å². The lowest BCUT2D eigenvalue weighted by molar-refractivity contribution is 1.17. The average molecular weight is 279 g/mol. The van der Waals surface area contributed by atoms with Gasteiger partial charge in [-0.05, 0) is 30.7 Å². The number of hydrogen-bond acceptors (Lipinski definition) is 3. The highest BCUT2D eigenvalue weighted by atomic mass is 35.5. The van der Waals surface area contributed by atoms with Gasteiger partial charge in [-0.2, -0.15) is 0 Å². The van der Waals surface area contributed by atoms with Gasteiger partial charge in [0.15, 0.2) is 0 Å². The summed E-state index contributed by atoms with van der Waals surface area (Å²) in [6.07, 6.45) is 3.31. The third-order valence-electron chi connectivity index (χ3n) is 2.65. The number of halogens is 2. The molecule has 6 heteroatoms. The van der Waals surface area contributed by atoms with Crippen LogP contribution in [0.1, 0.15) is 5.69 Å². The van der Waals surface area contributed by atoms with Gasteiger partial charge >= 0.3 is 0 Å². The lowest BCUT2D eigenvalue weighted by atomic mass is 10.1. The second-order valence-electron chi connectivity index (χ2n) is 3.89. The molecule has 0 aliphatic rings. The van der Waals surface area contributed by atoms with Crippen LogP contribution in [-0.2, 0) is 0 Å². The third-order valence-corrected chi connectivity index (χ3v) is 3.11. The molecular weight excluding hydrogens is 271 g/mol. The van der Waals surface area contributed by atoms with Gasteiger partial charge in [0.25, 0.3) is 0 Å². The van der Waals surface area contributed by atoms with Gasteiger partial charge in [-0.1, -0.05) is 11.6 Å². The summed E-state index contributed by atoms with van der Waals surface area (Å²) in [5.74, 6) is 0. The molecule has 3 rings (SSSR count). The van der Waals surface area contributed by atoms with Crippen LogP contribution in [0.15, 0.2) is 24.5 Å². The van der Waals surface area contributed by atoms with Crippen LogP contribution >= 0.6 is 23.2 Å². The first-order valence-electron chi connectivity index (χ1n) is 5.28. The van der Waals surface area contributed by atoms with Gasteiger partial charge in [-0.3, -0.25) is 0 Å². The van der Waals surface area contributed by atoms with Gasteiger partial charge < -0.3 is 4.98 Å². The minimum Gasteiger partial charge on any atom is -0.345 e. The number of pyridine rings is 1. The number of nitrogens with zero attached hydrogens (tertiary/aromatic N) is 3. The molecule has 0 bridgehead atoms. The van der Waals surface area contributed by atoms with Gasteiger partial charge in [-0.15, -0.1) is 0 Å². The third kappa shape index (κ3) is 1.83. The van der Waals surface area contributed by atoms with E-state index in [2.05, 4.69) is 19.9 Å². The predicted octanol–water partition coefficient (Wildman–Crippen LogP) is 3.64. The molecule has 0 aromatic carbocycles. The van der Waals surface area contributed by atoms with E-state index in [4.69, 9.17) is 23.2 Å². The number of fused-ring (bicyclic) bond motifs is 1. The van der Waals surface area contributed by atoms with Crippen LogP contribution in [0, 0.1) is 6.92 Å². The van der Waals surface area contributed by atoms with E-state index in [1.54, 1.807) is 0 Å². The molecule has 0 amide bonds. The van der Waals surface area contributed by atoms with Crippen molar-refractivity contribution in [2.75, 3.05) is 0 Å². The van der Waals surface area contributed by atoms with E-state index >= 15 is 0 Å². The molecule has 0 aliphatic heterocycles. The molecule has 4 nitrogen and oxygen atoms in total. The van der Waals surface area contributed by atoms with E-state index in [0.29, 0.717) is 10.7 Å². The smallest absolute Gasteiger partial charge is 0.222 e. The minimum absolute atomic E-state index is 0.170. The molecule has 3 aromatic rings. The number of aromatic nitrogens is 4. The Kier molecular flexibility index (Phi) is 2.69. The van der Waals surface area contributed by atoms with Gasteiger partial charge in [0.2, 0.25) is 5.28 Å². The summed E-state index contributed by atoms with van der Waals surface area (Å²) in [6.45, 7) is 1.94. The first kappa shape index (κ1) is 11.4. The Morgan fingerprint density at radius 1 is 1.17 bits per heavy atom. The molecule has 18 heavy (non-hydrogen) atoms. The van der Waals surface area contributed by atoms with Crippen molar-refractivity contribution in [3.8, 4) is 11.3 Å². The molecule has 90 valence electrons. The summed E-state index contributed by atoms with van der Waals surface area (Å²) in [7, 11) is 0. The monoisotopic (exact) mass is 278 g/mol. The highest BCUT2D eigenvalue weighted by Crippen LogP contribution is 2.31. The molecule has 0 unspecified atom stereocenters. The Hall–Kier alpha value is -1.65. The highest BCUT2D eigenvalue weighted by Gasteiger charge is 2.12. The van der Waals surface area contributed by atoms with Crippen molar-refractivity contribution in [3.05, 3.63) is 40.5 Å². The fourth-order valence-electron chi connectivity index (χ4n) is 1.83. The van der Waals surface area contributed by atoms with Crippen molar-refractivity contribution in [2.24, 2.45) is 0 Å². The number of nitrogens with one attached hydrogen (secondary N) is 1. The number of hydrogen-bond donors (Lipinski definition) is 1. The molecule has 0 spiro atoms. The summed E-state index contributed by atoms with van der Waals surface area (Å²) in [6, 6.07) is 3.92. The summed E-state index contributed by atoms with van der Waals surface area (Å²) >= 11 is 11.9. The van der Waals surface area contributed by atoms with Crippen LogP contribution in [0.2, 0.25) is 10.3 Å². The second-order valence-corrected chi connectivity index (χ2v) is 4.63. The maximum atomic E-state index is 6.10. The van der Waals surface area contributed by atoms with Crippen LogP contribution in [0.5, 0.6) is 0 Å². The number of H-pyrrole nitrogens is 1. The van der Waals surface area contributed by atoms with E-state index in [9.17, 15) is 0 Å². The van der Waals surface area contributed by atoms with Crippen molar-refractivity contribution in [3.63, 3.8) is 0 Å². The standard InChI is InChI=1S/C12H8Cl2N4/c1-6-2-3-7-8(4-15-11(7)17-6)10-9(13)5-16-12(14)18-10/h2-5H,1H3,(H,15,17). The molecule has 0 atom stereocenters. The fourth-order valence-corrected chi connectivity index (χ4v) is 2.16. The zero-order chi connectivity index (χ0) is 12.7. The summed E-state index contributed by atoms with van der Waals surface area (Å²) in [4.78, 5) is 15.5. The maximum Gasteiger partial charge on any atom is 0.222 e. The highest BCUT2D eigenvalue weighted by molar-refractivity contribution is 6.34. The molecule has 0 aliphatic carbocycles. The molecule has 0 fully saturated rings. The Morgan fingerprint density at radius 3 is 2.83 bits per heavy atom. The van der Waals surface area contributed by atoms with Crippen LogP contribution in [0.3, 0.4) is 0 Å². The molecule has 1 N–H and O–H groups in total. The topological polar surface area (TPSA) is 54.5 Å². The first-order chi connectivity index (χ1) is 8.65. The second kappa shape index (κ2) is 4.23. The Labute approximate surface area is 113 Å². The number of aryl methyl sites for hydroxylation is 1. The van der Waals surface area contributed by atoms with Gasteiger partial charge in [0.05, 0.1) is 16.9 Å². The number of rotatable bonds is 1.